The van der Waals surface area contributed by atoms with Gasteiger partial charge in [0.05, 0.1) is 12.4 Å². The zero-order chi connectivity index (χ0) is 16.2. The van der Waals surface area contributed by atoms with Gasteiger partial charge in [0.15, 0.2) is 0 Å². The van der Waals surface area contributed by atoms with Gasteiger partial charge in [-0.1, -0.05) is 26.0 Å². The first-order valence-electron chi connectivity index (χ1n) is 7.75. The van der Waals surface area contributed by atoms with Gasteiger partial charge in [0, 0.05) is 39.0 Å². The van der Waals surface area contributed by atoms with Crippen LogP contribution in [-0.4, -0.2) is 58.4 Å². The Bertz CT molecular complexity index is 562. The average molecular weight is 326 g/mol. The van der Waals surface area contributed by atoms with Gasteiger partial charge in [0.25, 0.3) is 0 Å². The molecule has 0 aliphatic carbocycles. The minimum Gasteiger partial charge on any atom is -0.384 e. The number of methoxy groups -OCH3 is 1. The smallest absolute Gasteiger partial charge is 0.216 e. The first-order valence-corrected chi connectivity index (χ1v) is 9.36. The quantitative estimate of drug-likeness (QED) is 0.801. The number of sulfonamides is 1. The molecule has 0 N–H and O–H groups in total. The van der Waals surface area contributed by atoms with Crippen molar-refractivity contribution in [1.29, 1.82) is 0 Å². The largest absolute Gasteiger partial charge is 0.384 e. The molecule has 0 radical (unpaired) electrons. The first kappa shape index (κ1) is 17.2. The molecule has 0 spiro atoms. The predicted octanol–water partition coefficient (Wildman–Crippen LogP) is 1.91. The van der Waals surface area contributed by atoms with E-state index in [2.05, 4.69) is 43.0 Å². The third-order valence-corrected chi connectivity index (χ3v) is 5.94. The third-order valence-electron chi connectivity index (χ3n) is 4.10. The zero-order valence-corrected chi connectivity index (χ0v) is 14.5. The van der Waals surface area contributed by atoms with Crippen molar-refractivity contribution in [1.82, 2.24) is 4.31 Å². The van der Waals surface area contributed by atoms with Crippen molar-refractivity contribution in [2.75, 3.05) is 50.5 Å². The Morgan fingerprint density at radius 2 is 1.68 bits per heavy atom. The van der Waals surface area contributed by atoms with Crippen LogP contribution in [-0.2, 0) is 14.8 Å². The number of nitrogens with zero attached hydrogens (tertiary/aromatic N) is 2. The van der Waals surface area contributed by atoms with E-state index in [1.165, 1.54) is 18.4 Å². The van der Waals surface area contributed by atoms with Crippen LogP contribution in [0.3, 0.4) is 0 Å². The molecule has 1 aromatic rings. The highest BCUT2D eigenvalue weighted by Crippen LogP contribution is 2.21. The van der Waals surface area contributed by atoms with E-state index < -0.39 is 10.0 Å². The Labute approximate surface area is 133 Å². The van der Waals surface area contributed by atoms with E-state index in [0.717, 1.165) is 13.1 Å². The highest BCUT2D eigenvalue weighted by molar-refractivity contribution is 7.89. The first-order chi connectivity index (χ1) is 10.4. The van der Waals surface area contributed by atoms with Gasteiger partial charge >= 0.3 is 0 Å². The molecule has 0 unspecified atom stereocenters. The highest BCUT2D eigenvalue weighted by Gasteiger charge is 2.26. The van der Waals surface area contributed by atoms with Crippen molar-refractivity contribution in [2.24, 2.45) is 0 Å². The molecule has 6 heteroatoms. The maximum absolute atomic E-state index is 12.1. The molecule has 1 saturated heterocycles. The summed E-state index contributed by atoms with van der Waals surface area (Å²) in [5.41, 5.74) is 2.49. The van der Waals surface area contributed by atoms with E-state index in [-0.39, 0.29) is 12.4 Å². The fraction of sp³-hybridized carbons (Fsp3) is 0.625. The predicted molar refractivity (Wildman–Crippen MR) is 90.0 cm³/mol. The molecule has 1 fully saturated rings. The molecule has 0 aromatic heterocycles. The fourth-order valence-corrected chi connectivity index (χ4v) is 3.97. The molecule has 0 saturated carbocycles. The molecule has 0 amide bonds. The summed E-state index contributed by atoms with van der Waals surface area (Å²) in [6, 6.07) is 8.57. The van der Waals surface area contributed by atoms with Gasteiger partial charge in [-0.15, -0.1) is 0 Å². The number of ether oxygens (including phenoxy) is 1. The molecular formula is C16H26N2O3S. The fourth-order valence-electron chi connectivity index (χ4n) is 2.61. The van der Waals surface area contributed by atoms with Crippen molar-refractivity contribution < 1.29 is 13.2 Å². The number of hydrogen-bond donors (Lipinski definition) is 0. The summed E-state index contributed by atoms with van der Waals surface area (Å²) in [5.74, 6) is 0.587. The van der Waals surface area contributed by atoms with E-state index in [4.69, 9.17) is 4.74 Å². The van der Waals surface area contributed by atoms with Crippen LogP contribution in [0.4, 0.5) is 5.69 Å². The van der Waals surface area contributed by atoms with Crippen molar-refractivity contribution in [2.45, 2.75) is 19.8 Å². The van der Waals surface area contributed by atoms with E-state index in [9.17, 15) is 8.42 Å². The van der Waals surface area contributed by atoms with Gasteiger partial charge in [0.2, 0.25) is 10.0 Å². The average Bonchev–Trinajstić information content (AvgIpc) is 2.53. The number of piperazine rings is 1. The second-order valence-corrected chi connectivity index (χ2v) is 8.03. The van der Waals surface area contributed by atoms with Crippen LogP contribution in [0.1, 0.15) is 25.3 Å². The summed E-state index contributed by atoms with van der Waals surface area (Å²) in [5, 5.41) is 0. The molecule has 5 nitrogen and oxygen atoms in total. The van der Waals surface area contributed by atoms with Gasteiger partial charge in [0.1, 0.15) is 0 Å². The maximum atomic E-state index is 12.1. The highest BCUT2D eigenvalue weighted by atomic mass is 32.2. The number of benzene rings is 1. The van der Waals surface area contributed by atoms with Gasteiger partial charge in [-0.05, 0) is 23.6 Å². The maximum Gasteiger partial charge on any atom is 0.216 e. The van der Waals surface area contributed by atoms with Crippen LogP contribution in [0.25, 0.3) is 0 Å². The molecule has 1 aliphatic rings. The topological polar surface area (TPSA) is 49.9 Å². The number of anilines is 1. The Hall–Kier alpha value is -1.11. The molecular weight excluding hydrogens is 300 g/mol. The van der Waals surface area contributed by atoms with Crippen molar-refractivity contribution in [3.8, 4) is 0 Å². The normalized spacial score (nSPS) is 17.2. The molecule has 124 valence electrons. The van der Waals surface area contributed by atoms with E-state index >= 15 is 0 Å². The Morgan fingerprint density at radius 1 is 1.09 bits per heavy atom. The number of hydrogen-bond acceptors (Lipinski definition) is 4. The molecule has 1 aliphatic heterocycles. The van der Waals surface area contributed by atoms with Crippen LogP contribution >= 0.6 is 0 Å². The lowest BCUT2D eigenvalue weighted by Gasteiger charge is -2.35. The molecule has 22 heavy (non-hydrogen) atoms. The van der Waals surface area contributed by atoms with Crippen LogP contribution in [0.15, 0.2) is 24.3 Å². The number of rotatable bonds is 6. The molecule has 1 aromatic carbocycles. The Balaban J connectivity index is 1.94. The minimum atomic E-state index is -3.19. The van der Waals surface area contributed by atoms with Gasteiger partial charge in [-0.2, -0.15) is 4.31 Å². The summed E-state index contributed by atoms with van der Waals surface area (Å²) in [7, 11) is -1.67. The monoisotopic (exact) mass is 326 g/mol. The SMILES string of the molecule is COCCS(=O)(=O)N1CCN(c2ccc(C(C)C)cc2)CC1. The molecule has 0 bridgehead atoms. The lowest BCUT2D eigenvalue weighted by molar-refractivity contribution is 0.215. The zero-order valence-electron chi connectivity index (χ0n) is 13.7. The van der Waals surface area contributed by atoms with Crippen LogP contribution < -0.4 is 4.90 Å². The van der Waals surface area contributed by atoms with E-state index in [0.29, 0.717) is 19.0 Å². The summed E-state index contributed by atoms with van der Waals surface area (Å²) in [4.78, 5) is 2.24. The summed E-state index contributed by atoms with van der Waals surface area (Å²) in [6.45, 7) is 7.15. The van der Waals surface area contributed by atoms with Crippen molar-refractivity contribution in [3.63, 3.8) is 0 Å². The lowest BCUT2D eigenvalue weighted by atomic mass is 10.0. The van der Waals surface area contributed by atoms with E-state index in [1.54, 1.807) is 4.31 Å². The molecule has 0 atom stereocenters. The molecule has 1 heterocycles. The summed E-state index contributed by atoms with van der Waals surface area (Å²) >= 11 is 0. The van der Waals surface area contributed by atoms with E-state index in [1.807, 2.05) is 0 Å². The Kier molecular flexibility index (Phi) is 5.83. The Morgan fingerprint density at radius 3 is 2.18 bits per heavy atom. The second-order valence-electron chi connectivity index (χ2n) is 5.94. The summed E-state index contributed by atoms with van der Waals surface area (Å²) in [6.07, 6.45) is 0. The van der Waals surface area contributed by atoms with Gasteiger partial charge in [-0.3, -0.25) is 0 Å². The third kappa shape index (κ3) is 4.21. The standard InChI is InChI=1S/C16H26N2O3S/c1-14(2)15-4-6-16(7-5-15)17-8-10-18(11-9-17)22(19,20)13-12-21-3/h4-7,14H,8-13H2,1-3H3. The second kappa shape index (κ2) is 7.44. The lowest BCUT2D eigenvalue weighted by Crippen LogP contribution is -2.49. The van der Waals surface area contributed by atoms with Gasteiger partial charge < -0.3 is 9.64 Å². The molecule has 2 rings (SSSR count). The van der Waals surface area contributed by atoms with Crippen LogP contribution in [0.2, 0.25) is 0 Å². The van der Waals surface area contributed by atoms with Crippen molar-refractivity contribution in [3.05, 3.63) is 29.8 Å². The summed E-state index contributed by atoms with van der Waals surface area (Å²) < 4.78 is 30.7. The van der Waals surface area contributed by atoms with Crippen molar-refractivity contribution >= 4 is 15.7 Å². The van der Waals surface area contributed by atoms with Crippen LogP contribution in [0, 0.1) is 0 Å². The van der Waals surface area contributed by atoms with Crippen LogP contribution in [0.5, 0.6) is 0 Å². The minimum absolute atomic E-state index is 0.0621. The van der Waals surface area contributed by atoms with Gasteiger partial charge in [-0.25, -0.2) is 8.42 Å².